The van der Waals surface area contributed by atoms with Crippen LogP contribution >= 0.6 is 0 Å². The van der Waals surface area contributed by atoms with E-state index in [2.05, 4.69) is 54.5 Å². The minimum Gasteiger partial charge on any atom is -0.469 e. The van der Waals surface area contributed by atoms with Gasteiger partial charge in [-0.25, -0.2) is 0 Å². The Morgan fingerprint density at radius 2 is 1.51 bits per heavy atom. The Kier molecular flexibility index (Phi) is 6.41. The molecule has 1 N–H and O–H groups in total. The van der Waals surface area contributed by atoms with Crippen LogP contribution in [-0.2, 0) is 19.1 Å². The number of carbonyl (C=O) groups is 2. The zero-order valence-electron chi connectivity index (χ0n) is 26.3. The van der Waals surface area contributed by atoms with Gasteiger partial charge in [0.05, 0.1) is 18.1 Å². The summed E-state index contributed by atoms with van der Waals surface area (Å²) in [7, 11) is 1.51. The molecular formula is C34H54O5. The van der Waals surface area contributed by atoms with Crippen molar-refractivity contribution >= 4 is 11.9 Å². The summed E-state index contributed by atoms with van der Waals surface area (Å²) >= 11 is 0. The smallest absolute Gasteiger partial charge is 0.312 e. The van der Waals surface area contributed by atoms with Crippen LogP contribution in [0.2, 0.25) is 0 Å². The maximum absolute atomic E-state index is 13.6. The second-order valence-corrected chi connectivity index (χ2v) is 16.4. The van der Waals surface area contributed by atoms with Crippen molar-refractivity contribution in [3.63, 3.8) is 0 Å². The number of allylic oxidation sites excluding steroid dienone is 1. The Labute approximate surface area is 236 Å². The molecule has 0 aromatic carbocycles. The molecule has 0 saturated heterocycles. The fourth-order valence-corrected chi connectivity index (χ4v) is 11.5. The molecule has 0 radical (unpaired) electrons. The number of ether oxygens (including phenoxy) is 2. The summed E-state index contributed by atoms with van der Waals surface area (Å²) in [6.45, 7) is 20.0. The van der Waals surface area contributed by atoms with Gasteiger partial charge in [0.1, 0.15) is 6.10 Å². The number of fused-ring (bicyclic) bond motifs is 7. The predicted octanol–water partition coefficient (Wildman–Crippen LogP) is 7.25. The van der Waals surface area contributed by atoms with Crippen LogP contribution in [0.25, 0.3) is 0 Å². The van der Waals surface area contributed by atoms with E-state index in [-0.39, 0.29) is 51.0 Å². The van der Waals surface area contributed by atoms with E-state index in [0.29, 0.717) is 11.8 Å². The monoisotopic (exact) mass is 542 g/mol. The second-order valence-electron chi connectivity index (χ2n) is 16.4. The molecule has 5 heteroatoms. The third-order valence-corrected chi connectivity index (χ3v) is 14.4. The third-order valence-electron chi connectivity index (χ3n) is 14.4. The van der Waals surface area contributed by atoms with E-state index in [9.17, 15) is 14.7 Å². The van der Waals surface area contributed by atoms with Crippen molar-refractivity contribution in [2.75, 3.05) is 7.11 Å². The van der Waals surface area contributed by atoms with Gasteiger partial charge < -0.3 is 14.6 Å². The number of methoxy groups -OCH3 is 1. The molecule has 5 rings (SSSR count). The van der Waals surface area contributed by atoms with Crippen LogP contribution in [0, 0.1) is 50.2 Å². The normalized spacial score (nSPS) is 49.8. The molecule has 9 unspecified atom stereocenters. The molecule has 5 aliphatic rings. The Morgan fingerprint density at radius 3 is 2.13 bits per heavy atom. The Hall–Kier alpha value is -1.36. The summed E-state index contributed by atoms with van der Waals surface area (Å²) in [6, 6.07) is 0. The lowest BCUT2D eigenvalue weighted by molar-refractivity contribution is -0.230. The summed E-state index contributed by atoms with van der Waals surface area (Å²) in [4.78, 5) is 25.5. The lowest BCUT2D eigenvalue weighted by atomic mass is 9.32. The number of hydrogen-bond donors (Lipinski definition) is 1. The summed E-state index contributed by atoms with van der Waals surface area (Å²) in [5.74, 6) is 0.435. The molecular weight excluding hydrogens is 488 g/mol. The van der Waals surface area contributed by atoms with E-state index in [0.717, 1.165) is 57.8 Å². The van der Waals surface area contributed by atoms with Gasteiger partial charge in [0.15, 0.2) is 0 Å². The van der Waals surface area contributed by atoms with Crippen molar-refractivity contribution < 1.29 is 24.2 Å². The predicted molar refractivity (Wildman–Crippen MR) is 153 cm³/mol. The van der Waals surface area contributed by atoms with Gasteiger partial charge in [0.2, 0.25) is 0 Å². The molecule has 0 bridgehead atoms. The van der Waals surface area contributed by atoms with Gasteiger partial charge in [-0.05, 0) is 98.2 Å². The maximum atomic E-state index is 13.6. The highest BCUT2D eigenvalue weighted by Crippen LogP contribution is 2.76. The van der Waals surface area contributed by atoms with Crippen molar-refractivity contribution in [2.45, 2.75) is 132 Å². The van der Waals surface area contributed by atoms with E-state index < -0.39 is 11.0 Å². The van der Waals surface area contributed by atoms with Crippen molar-refractivity contribution in [1.29, 1.82) is 0 Å². The van der Waals surface area contributed by atoms with Crippen molar-refractivity contribution in [1.82, 2.24) is 0 Å². The average Bonchev–Trinajstić information content (AvgIpc) is 2.83. The van der Waals surface area contributed by atoms with E-state index in [4.69, 9.17) is 9.47 Å². The number of hydrogen-bond acceptors (Lipinski definition) is 5. The van der Waals surface area contributed by atoms with Crippen LogP contribution in [-0.4, -0.2) is 35.9 Å². The largest absolute Gasteiger partial charge is 0.469 e. The van der Waals surface area contributed by atoms with Crippen LogP contribution in [0.1, 0.15) is 120 Å². The zero-order valence-corrected chi connectivity index (χ0v) is 26.3. The SMILES string of the molecule is COC(=O)C12CCC(C)(C)C(C)(O)C1C1=CCC3C4(C)CCC(OC(C)=O)C(C)(C)C4CCC3(C)C1(C)CC2. The number of aliphatic hydroxyl groups is 1. The third kappa shape index (κ3) is 3.53. The highest BCUT2D eigenvalue weighted by molar-refractivity contribution is 5.79. The van der Waals surface area contributed by atoms with Crippen LogP contribution in [0.5, 0.6) is 0 Å². The van der Waals surface area contributed by atoms with Gasteiger partial charge >= 0.3 is 11.9 Å². The highest BCUT2D eigenvalue weighted by Gasteiger charge is 2.72. The van der Waals surface area contributed by atoms with E-state index >= 15 is 0 Å². The van der Waals surface area contributed by atoms with Gasteiger partial charge in [0.25, 0.3) is 0 Å². The minimum atomic E-state index is -1.01. The minimum absolute atomic E-state index is 0.0300. The number of carbonyl (C=O) groups excluding carboxylic acids is 2. The van der Waals surface area contributed by atoms with Gasteiger partial charge in [-0.15, -0.1) is 0 Å². The van der Waals surface area contributed by atoms with Crippen LogP contribution < -0.4 is 0 Å². The lowest BCUT2D eigenvalue weighted by Gasteiger charge is -2.72. The van der Waals surface area contributed by atoms with Crippen molar-refractivity contribution in [2.24, 2.45) is 50.2 Å². The van der Waals surface area contributed by atoms with Crippen LogP contribution in [0.4, 0.5) is 0 Å². The fourth-order valence-electron chi connectivity index (χ4n) is 11.5. The molecule has 0 aliphatic heterocycles. The van der Waals surface area contributed by atoms with Crippen LogP contribution in [0.15, 0.2) is 11.6 Å². The molecule has 5 nitrogen and oxygen atoms in total. The molecule has 5 aliphatic carbocycles. The van der Waals surface area contributed by atoms with Gasteiger partial charge in [-0.2, -0.15) is 0 Å². The first-order chi connectivity index (χ1) is 17.8. The molecule has 0 heterocycles. The molecule has 4 fully saturated rings. The van der Waals surface area contributed by atoms with E-state index in [1.165, 1.54) is 19.6 Å². The molecule has 39 heavy (non-hydrogen) atoms. The van der Waals surface area contributed by atoms with Gasteiger partial charge in [-0.1, -0.05) is 60.1 Å². The maximum Gasteiger partial charge on any atom is 0.312 e. The first kappa shape index (κ1) is 29.1. The highest BCUT2D eigenvalue weighted by atomic mass is 16.5. The first-order valence-electron chi connectivity index (χ1n) is 15.5. The molecule has 0 aromatic heterocycles. The van der Waals surface area contributed by atoms with Gasteiger partial charge in [0, 0.05) is 18.3 Å². The van der Waals surface area contributed by atoms with E-state index in [1.54, 1.807) is 0 Å². The fraction of sp³-hybridized carbons (Fsp3) is 0.882. The quantitative estimate of drug-likeness (QED) is 0.294. The molecule has 4 saturated carbocycles. The molecule has 0 aromatic rings. The second kappa shape index (κ2) is 8.58. The van der Waals surface area contributed by atoms with Gasteiger partial charge in [-0.3, -0.25) is 9.59 Å². The van der Waals surface area contributed by atoms with Crippen molar-refractivity contribution in [3.8, 4) is 0 Å². The molecule has 0 spiro atoms. The summed E-state index contributed by atoms with van der Waals surface area (Å²) < 4.78 is 11.4. The Morgan fingerprint density at radius 1 is 0.872 bits per heavy atom. The Balaban J connectivity index is 1.61. The standard InChI is InChI=1S/C34H54O5/c1-21(35)39-25-14-15-30(6)23(29(25,4)5)13-16-32(8)24(30)12-11-22-26-33(9,37)28(2,3)17-19-34(26,27(36)38-10)20-18-31(22,32)7/h11,23-26,37H,12-20H2,1-10H3. The van der Waals surface area contributed by atoms with Crippen LogP contribution in [0.3, 0.4) is 0 Å². The topological polar surface area (TPSA) is 72.8 Å². The first-order valence-corrected chi connectivity index (χ1v) is 15.5. The molecule has 9 atom stereocenters. The number of esters is 2. The summed E-state index contributed by atoms with van der Waals surface area (Å²) in [6.07, 6.45) is 10.9. The van der Waals surface area contributed by atoms with Crippen molar-refractivity contribution in [3.05, 3.63) is 11.6 Å². The Bertz CT molecular complexity index is 1090. The molecule has 220 valence electrons. The zero-order chi connectivity index (χ0) is 29.0. The average molecular weight is 543 g/mol. The van der Waals surface area contributed by atoms with E-state index in [1.807, 2.05) is 6.92 Å². The summed E-state index contributed by atoms with van der Waals surface area (Å²) in [5.41, 5.74) is -0.611. The lowest BCUT2D eigenvalue weighted by Crippen LogP contribution is -2.69. The summed E-state index contributed by atoms with van der Waals surface area (Å²) in [5, 5.41) is 12.4. The molecule has 0 amide bonds. The number of rotatable bonds is 2.